The smallest absolute Gasteiger partial charge is 0.310 e. The van der Waals surface area contributed by atoms with Gasteiger partial charge in [-0.25, -0.2) is 0 Å². The van der Waals surface area contributed by atoms with Crippen LogP contribution in [0.2, 0.25) is 5.04 Å². The van der Waals surface area contributed by atoms with Gasteiger partial charge in [0.25, 0.3) is 0 Å². The third-order valence-corrected chi connectivity index (χ3v) is 12.9. The SMILES string of the molecule is CCCC(=O)OC1=C(SCCCC(C)C(C)([SiH2]O[SiH3])C(=O)O)[C@@H](/C=C/C(O)CCCCc2ccccc2)[C@H](C(C)(C)C)C1. The van der Waals surface area contributed by atoms with Gasteiger partial charge in [0, 0.05) is 23.7 Å². The highest BCUT2D eigenvalue weighted by atomic mass is 32.2. The van der Waals surface area contributed by atoms with Crippen molar-refractivity contribution in [2.75, 3.05) is 5.75 Å². The lowest BCUT2D eigenvalue weighted by molar-refractivity contribution is -0.142. The molecule has 1 aliphatic carbocycles. The van der Waals surface area contributed by atoms with E-state index in [4.69, 9.17) is 8.85 Å². The lowest BCUT2D eigenvalue weighted by Crippen LogP contribution is -2.34. The van der Waals surface area contributed by atoms with Crippen molar-refractivity contribution in [2.45, 2.75) is 110 Å². The number of aryl methyl sites for hydroxylation is 1. The van der Waals surface area contributed by atoms with Crippen molar-refractivity contribution < 1.29 is 28.7 Å². The van der Waals surface area contributed by atoms with Crippen molar-refractivity contribution in [2.24, 2.45) is 23.2 Å². The van der Waals surface area contributed by atoms with Gasteiger partial charge in [-0.15, -0.1) is 11.8 Å². The van der Waals surface area contributed by atoms with Crippen molar-refractivity contribution >= 4 is 43.9 Å². The first-order valence-electron chi connectivity index (χ1n) is 16.0. The quantitative estimate of drug-likeness (QED) is 0.0782. The number of esters is 1. The molecule has 242 valence electrons. The molecule has 3 unspecified atom stereocenters. The molecular formula is C34H56O6SSi2. The molecule has 0 radical (unpaired) electrons. The zero-order valence-electron chi connectivity index (χ0n) is 27.6. The zero-order chi connectivity index (χ0) is 32.0. The van der Waals surface area contributed by atoms with Crippen LogP contribution in [0.3, 0.4) is 0 Å². The third kappa shape index (κ3) is 12.0. The molecule has 2 N–H and O–H groups in total. The Kier molecular flexibility index (Phi) is 16.0. The molecule has 0 heterocycles. The number of aliphatic carboxylic acids is 1. The summed E-state index contributed by atoms with van der Waals surface area (Å²) in [6.45, 7) is 12.5. The fraction of sp³-hybridized carbons (Fsp3) is 0.647. The number of ether oxygens (including phenoxy) is 1. The predicted octanol–water partition coefficient (Wildman–Crippen LogP) is 6.35. The highest BCUT2D eigenvalue weighted by Crippen LogP contribution is 2.51. The van der Waals surface area contributed by atoms with Crippen LogP contribution in [0, 0.1) is 23.2 Å². The van der Waals surface area contributed by atoms with Crippen LogP contribution in [-0.2, 0) is 24.9 Å². The fourth-order valence-electron chi connectivity index (χ4n) is 5.80. The molecule has 1 aliphatic rings. The monoisotopic (exact) mass is 648 g/mol. The second-order valence-corrected chi connectivity index (χ2v) is 18.6. The van der Waals surface area contributed by atoms with E-state index in [0.29, 0.717) is 29.7 Å². The van der Waals surface area contributed by atoms with E-state index in [1.165, 1.54) is 5.56 Å². The number of hydrogen-bond donors (Lipinski definition) is 2. The van der Waals surface area contributed by atoms with E-state index in [1.807, 2.05) is 32.9 Å². The van der Waals surface area contributed by atoms with Gasteiger partial charge in [-0.1, -0.05) is 83.5 Å². The topological polar surface area (TPSA) is 93.1 Å². The van der Waals surface area contributed by atoms with Gasteiger partial charge in [0.05, 0.1) is 11.1 Å². The summed E-state index contributed by atoms with van der Waals surface area (Å²) >= 11 is 1.73. The minimum Gasteiger partial charge on any atom is -0.481 e. The van der Waals surface area contributed by atoms with Crippen LogP contribution < -0.4 is 0 Å². The number of thioether (sulfide) groups is 1. The molecule has 5 atom stereocenters. The predicted molar refractivity (Wildman–Crippen MR) is 185 cm³/mol. The molecule has 0 bridgehead atoms. The molecule has 6 nitrogen and oxygen atoms in total. The highest BCUT2D eigenvalue weighted by Gasteiger charge is 2.42. The van der Waals surface area contributed by atoms with Crippen molar-refractivity contribution in [3.8, 4) is 0 Å². The van der Waals surface area contributed by atoms with Gasteiger partial charge in [0.2, 0.25) is 0 Å². The summed E-state index contributed by atoms with van der Waals surface area (Å²) in [6.07, 6.45) is 10.8. The Labute approximate surface area is 270 Å². The molecule has 1 aromatic rings. The lowest BCUT2D eigenvalue weighted by Gasteiger charge is -2.32. The molecule has 0 aliphatic heterocycles. The maximum atomic E-state index is 12.6. The van der Waals surface area contributed by atoms with E-state index < -0.39 is 26.9 Å². The van der Waals surface area contributed by atoms with E-state index in [0.717, 1.165) is 54.9 Å². The van der Waals surface area contributed by atoms with Gasteiger partial charge in [-0.05, 0) is 74.0 Å². The number of carbonyl (C=O) groups is 2. The van der Waals surface area contributed by atoms with Crippen LogP contribution in [0.25, 0.3) is 0 Å². The molecule has 0 saturated heterocycles. The summed E-state index contributed by atoms with van der Waals surface area (Å²) in [5.41, 5.74) is 1.31. The van der Waals surface area contributed by atoms with Gasteiger partial charge >= 0.3 is 11.9 Å². The van der Waals surface area contributed by atoms with Gasteiger partial charge in [0.1, 0.15) is 16.2 Å². The normalized spacial score (nSPS) is 20.6. The zero-order valence-corrected chi connectivity index (χ0v) is 31.8. The second-order valence-electron chi connectivity index (χ2n) is 13.4. The standard InChI is InChI=1S/C34H56O6SSi2/c1-7-14-30(36)39-29-23-28(33(3,4)5)27(21-20-26(35)19-12-11-18-25-16-9-8-10-17-25)31(29)41-22-13-15-24(2)34(6,32(37)38)43-40-42/h8-10,16-17,20-21,24,26-28,35H,7,11-15,18-19,22-23,43H2,1-6,42H3,(H,37,38)/b21-20+/t24?,26?,27-,28+,34?/m0/s1. The van der Waals surface area contributed by atoms with Crippen LogP contribution in [0.1, 0.15) is 98.5 Å². The summed E-state index contributed by atoms with van der Waals surface area (Å²) in [5.74, 6) is 0.974. The van der Waals surface area contributed by atoms with E-state index in [1.54, 1.807) is 11.8 Å². The van der Waals surface area contributed by atoms with Crippen LogP contribution in [-0.4, -0.2) is 54.3 Å². The van der Waals surface area contributed by atoms with Crippen LogP contribution in [0.4, 0.5) is 0 Å². The molecule has 9 heteroatoms. The number of aliphatic hydroxyl groups excluding tert-OH is 1. The number of carbonyl (C=O) groups excluding carboxylic acids is 1. The molecule has 0 amide bonds. The summed E-state index contributed by atoms with van der Waals surface area (Å²) in [7, 11) is -0.568. The number of hydrogen-bond acceptors (Lipinski definition) is 6. The molecule has 1 aromatic carbocycles. The van der Waals surface area contributed by atoms with E-state index in [-0.39, 0.29) is 29.1 Å². The first kappa shape index (κ1) is 37.5. The Bertz CT molecular complexity index is 1070. The number of benzene rings is 1. The van der Waals surface area contributed by atoms with Crippen molar-refractivity contribution in [1.29, 1.82) is 0 Å². The maximum absolute atomic E-state index is 12.6. The number of allylic oxidation sites excluding steroid dienone is 3. The van der Waals surface area contributed by atoms with E-state index >= 15 is 0 Å². The molecule has 0 saturated carbocycles. The maximum Gasteiger partial charge on any atom is 0.310 e. The number of carboxylic acids is 1. The highest BCUT2D eigenvalue weighted by molar-refractivity contribution is 8.03. The van der Waals surface area contributed by atoms with Gasteiger partial charge < -0.3 is 19.1 Å². The summed E-state index contributed by atoms with van der Waals surface area (Å²) < 4.78 is 11.5. The fourth-order valence-corrected chi connectivity index (χ4v) is 10.1. The second kappa shape index (κ2) is 18.3. The van der Waals surface area contributed by atoms with Crippen molar-refractivity contribution in [3.63, 3.8) is 0 Å². The lowest BCUT2D eigenvalue weighted by atomic mass is 9.74. The van der Waals surface area contributed by atoms with Crippen LogP contribution >= 0.6 is 11.8 Å². The van der Waals surface area contributed by atoms with Gasteiger partial charge in [0.15, 0.2) is 9.76 Å². The summed E-state index contributed by atoms with van der Waals surface area (Å²) in [4.78, 5) is 25.7. The number of carboxylic acid groups (broad SMARTS) is 1. The Morgan fingerprint density at radius 3 is 2.44 bits per heavy atom. The number of aliphatic hydroxyl groups is 1. The molecule has 0 aromatic heterocycles. The van der Waals surface area contributed by atoms with Crippen LogP contribution in [0.15, 0.2) is 53.1 Å². The van der Waals surface area contributed by atoms with E-state index in [2.05, 4.69) is 51.1 Å². The molecule has 0 fully saturated rings. The Hall–Kier alpha value is -1.66. The Balaban J connectivity index is 2.14. The minimum atomic E-state index is -1.14. The number of rotatable bonds is 19. The van der Waals surface area contributed by atoms with Crippen molar-refractivity contribution in [1.82, 2.24) is 0 Å². The number of unbranched alkanes of at least 4 members (excludes halogenated alkanes) is 1. The summed E-state index contributed by atoms with van der Waals surface area (Å²) in [5, 5.41) is 20.0. The minimum absolute atomic E-state index is 0.0216. The molecule has 43 heavy (non-hydrogen) atoms. The van der Waals surface area contributed by atoms with Crippen molar-refractivity contribution in [3.05, 3.63) is 58.7 Å². The third-order valence-electron chi connectivity index (χ3n) is 8.88. The average molecular weight is 649 g/mol. The van der Waals surface area contributed by atoms with Gasteiger partial charge in [-0.2, -0.15) is 0 Å². The first-order chi connectivity index (χ1) is 20.3. The Morgan fingerprint density at radius 2 is 1.84 bits per heavy atom. The molecule has 0 spiro atoms. The molecule has 2 rings (SSSR count). The molecular weight excluding hydrogens is 593 g/mol. The first-order valence-corrected chi connectivity index (χ1v) is 19.1. The Morgan fingerprint density at radius 1 is 1.14 bits per heavy atom. The van der Waals surface area contributed by atoms with Crippen LogP contribution in [0.5, 0.6) is 0 Å². The van der Waals surface area contributed by atoms with E-state index in [9.17, 15) is 19.8 Å². The summed E-state index contributed by atoms with van der Waals surface area (Å²) in [6, 6.07) is 10.5. The average Bonchev–Trinajstić information content (AvgIpc) is 3.30. The largest absolute Gasteiger partial charge is 0.481 e. The van der Waals surface area contributed by atoms with Gasteiger partial charge in [-0.3, -0.25) is 9.59 Å².